The Kier molecular flexibility index (Phi) is 5.07. The van der Waals surface area contributed by atoms with E-state index < -0.39 is 0 Å². The standard InChI is InChI=1S/C25H31ClN4O/c26-20-2-1-3-21(9-20)31-16-30-5-4-22-23(13-30)28-15-29-24(22)27-14-25-10-17-6-18(11-25)8-19(7-17)12-25/h1-3,9,15,17-19H,4-8,10-14,16H2,(H,27,28,29). The highest BCUT2D eigenvalue weighted by Gasteiger charge is 2.50. The number of nitrogens with zero attached hydrogens (tertiary/aromatic N) is 3. The van der Waals surface area contributed by atoms with E-state index in [0.717, 1.165) is 61.1 Å². The summed E-state index contributed by atoms with van der Waals surface area (Å²) >= 11 is 6.06. The molecule has 31 heavy (non-hydrogen) atoms. The molecular formula is C25H31ClN4O. The molecule has 2 heterocycles. The average Bonchev–Trinajstić information content (AvgIpc) is 2.75. The molecular weight excluding hydrogens is 408 g/mol. The zero-order valence-corrected chi connectivity index (χ0v) is 18.8. The van der Waals surface area contributed by atoms with E-state index in [9.17, 15) is 0 Å². The number of nitrogens with one attached hydrogen (secondary N) is 1. The first-order valence-corrected chi connectivity index (χ1v) is 12.2. The fourth-order valence-electron chi connectivity index (χ4n) is 7.17. The van der Waals surface area contributed by atoms with Gasteiger partial charge in [0.05, 0.1) is 5.69 Å². The normalized spacial score (nSPS) is 31.5. The predicted octanol–water partition coefficient (Wildman–Crippen LogP) is 5.15. The van der Waals surface area contributed by atoms with Gasteiger partial charge < -0.3 is 10.1 Å². The highest BCUT2D eigenvalue weighted by Crippen LogP contribution is 2.59. The maximum atomic E-state index is 6.06. The summed E-state index contributed by atoms with van der Waals surface area (Å²) in [7, 11) is 0. The highest BCUT2D eigenvalue weighted by molar-refractivity contribution is 6.30. The molecule has 0 atom stereocenters. The van der Waals surface area contributed by atoms with Gasteiger partial charge in [-0.05, 0) is 86.3 Å². The Morgan fingerprint density at radius 1 is 1.10 bits per heavy atom. The molecule has 2 aromatic rings. The van der Waals surface area contributed by atoms with E-state index in [0.29, 0.717) is 17.2 Å². The molecule has 0 saturated heterocycles. The van der Waals surface area contributed by atoms with Crippen LogP contribution in [0.1, 0.15) is 49.8 Å². The molecule has 7 rings (SSSR count). The molecule has 4 saturated carbocycles. The van der Waals surface area contributed by atoms with Crippen molar-refractivity contribution in [2.45, 2.75) is 51.5 Å². The highest BCUT2D eigenvalue weighted by atomic mass is 35.5. The third-order valence-electron chi connectivity index (χ3n) is 8.09. The Labute approximate surface area is 189 Å². The lowest BCUT2D eigenvalue weighted by atomic mass is 9.49. The van der Waals surface area contributed by atoms with Crippen LogP contribution in [-0.2, 0) is 13.0 Å². The van der Waals surface area contributed by atoms with Crippen molar-refractivity contribution in [2.24, 2.45) is 23.2 Å². The van der Waals surface area contributed by atoms with Crippen LogP contribution in [-0.4, -0.2) is 34.7 Å². The second-order valence-electron chi connectivity index (χ2n) is 10.5. The van der Waals surface area contributed by atoms with Crippen LogP contribution in [0.2, 0.25) is 5.02 Å². The number of hydrogen-bond acceptors (Lipinski definition) is 5. The number of ether oxygens (including phenoxy) is 1. The van der Waals surface area contributed by atoms with Crippen LogP contribution >= 0.6 is 11.6 Å². The van der Waals surface area contributed by atoms with Gasteiger partial charge in [0.2, 0.25) is 0 Å². The molecule has 0 radical (unpaired) electrons. The second-order valence-corrected chi connectivity index (χ2v) is 10.9. The summed E-state index contributed by atoms with van der Waals surface area (Å²) in [5.41, 5.74) is 2.94. The summed E-state index contributed by atoms with van der Waals surface area (Å²) < 4.78 is 5.94. The van der Waals surface area contributed by atoms with Crippen LogP contribution in [0.25, 0.3) is 0 Å². The van der Waals surface area contributed by atoms with E-state index in [4.69, 9.17) is 16.3 Å². The number of halogens is 1. The lowest BCUT2D eigenvalue weighted by Gasteiger charge is -2.57. The molecule has 1 N–H and O–H groups in total. The summed E-state index contributed by atoms with van der Waals surface area (Å²) in [4.78, 5) is 11.5. The SMILES string of the molecule is Clc1cccc(OCN2CCc3c(ncnc3NCC34CC5CC(CC(C5)C3)C4)C2)c1. The third kappa shape index (κ3) is 4.03. The smallest absolute Gasteiger partial charge is 0.142 e. The van der Waals surface area contributed by atoms with E-state index in [1.54, 1.807) is 6.33 Å². The van der Waals surface area contributed by atoms with Crippen LogP contribution in [0.5, 0.6) is 5.75 Å². The van der Waals surface area contributed by atoms with Crippen molar-refractivity contribution in [3.63, 3.8) is 0 Å². The van der Waals surface area contributed by atoms with Crippen molar-refractivity contribution in [3.05, 3.63) is 46.9 Å². The Hall–Kier alpha value is -1.85. The number of hydrogen-bond donors (Lipinski definition) is 1. The molecule has 0 spiro atoms. The first-order valence-electron chi connectivity index (χ1n) is 11.8. The lowest BCUT2D eigenvalue weighted by Crippen LogP contribution is -2.49. The Morgan fingerprint density at radius 3 is 2.61 bits per heavy atom. The number of anilines is 1. The van der Waals surface area contributed by atoms with Gasteiger partial charge in [-0.3, -0.25) is 4.90 Å². The second kappa shape index (κ2) is 7.93. The van der Waals surface area contributed by atoms with E-state index in [2.05, 4.69) is 20.2 Å². The summed E-state index contributed by atoms with van der Waals surface area (Å²) in [5.74, 6) is 4.83. The van der Waals surface area contributed by atoms with Gasteiger partial charge >= 0.3 is 0 Å². The molecule has 5 nitrogen and oxygen atoms in total. The maximum Gasteiger partial charge on any atom is 0.142 e. The summed E-state index contributed by atoms with van der Waals surface area (Å²) in [6.45, 7) is 3.37. The molecule has 0 unspecified atom stereocenters. The van der Waals surface area contributed by atoms with Gasteiger partial charge in [-0.1, -0.05) is 17.7 Å². The molecule has 6 heteroatoms. The Balaban J connectivity index is 1.10. The Morgan fingerprint density at radius 2 is 1.87 bits per heavy atom. The van der Waals surface area contributed by atoms with Crippen LogP contribution in [0, 0.1) is 23.2 Å². The van der Waals surface area contributed by atoms with Gasteiger partial charge in [0.15, 0.2) is 0 Å². The molecule has 4 fully saturated rings. The van der Waals surface area contributed by atoms with Crippen molar-refractivity contribution in [1.29, 1.82) is 0 Å². The van der Waals surface area contributed by atoms with E-state index >= 15 is 0 Å². The topological polar surface area (TPSA) is 50.3 Å². The lowest BCUT2D eigenvalue weighted by molar-refractivity contribution is -0.0444. The molecule has 1 aromatic carbocycles. The number of benzene rings is 1. The maximum absolute atomic E-state index is 6.06. The zero-order valence-electron chi connectivity index (χ0n) is 18.0. The van der Waals surface area contributed by atoms with Crippen molar-refractivity contribution < 1.29 is 4.74 Å². The van der Waals surface area contributed by atoms with E-state index in [-0.39, 0.29) is 0 Å². The van der Waals surface area contributed by atoms with Crippen LogP contribution in [0.15, 0.2) is 30.6 Å². The van der Waals surface area contributed by atoms with Crippen molar-refractivity contribution in [3.8, 4) is 5.75 Å². The predicted molar refractivity (Wildman–Crippen MR) is 122 cm³/mol. The van der Waals surface area contributed by atoms with E-state index in [1.165, 1.54) is 44.1 Å². The fraction of sp³-hybridized carbons (Fsp3) is 0.600. The largest absolute Gasteiger partial charge is 0.478 e. The molecule has 5 aliphatic rings. The van der Waals surface area contributed by atoms with Gasteiger partial charge in [-0.2, -0.15) is 0 Å². The summed E-state index contributed by atoms with van der Waals surface area (Å²) in [6, 6.07) is 7.57. The minimum Gasteiger partial charge on any atom is -0.478 e. The molecule has 1 aromatic heterocycles. The van der Waals surface area contributed by atoms with Gasteiger partial charge in [0.25, 0.3) is 0 Å². The van der Waals surface area contributed by atoms with Crippen molar-refractivity contribution >= 4 is 17.4 Å². The minimum absolute atomic E-state index is 0.512. The van der Waals surface area contributed by atoms with Crippen LogP contribution in [0.4, 0.5) is 5.82 Å². The Bertz CT molecular complexity index is 929. The molecule has 4 aliphatic carbocycles. The van der Waals surface area contributed by atoms with Gasteiger partial charge in [0.1, 0.15) is 24.6 Å². The first kappa shape index (κ1) is 19.8. The monoisotopic (exact) mass is 438 g/mol. The average molecular weight is 439 g/mol. The molecule has 4 bridgehead atoms. The molecule has 1 aliphatic heterocycles. The van der Waals surface area contributed by atoms with Crippen molar-refractivity contribution in [2.75, 3.05) is 25.1 Å². The van der Waals surface area contributed by atoms with E-state index in [1.807, 2.05) is 24.3 Å². The molecule has 0 amide bonds. The number of rotatable bonds is 6. The van der Waals surface area contributed by atoms with Crippen molar-refractivity contribution in [1.82, 2.24) is 14.9 Å². The number of aromatic nitrogens is 2. The van der Waals surface area contributed by atoms with Crippen LogP contribution in [0.3, 0.4) is 0 Å². The van der Waals surface area contributed by atoms with Gasteiger partial charge in [-0.15, -0.1) is 0 Å². The number of fused-ring (bicyclic) bond motifs is 1. The summed E-state index contributed by atoms with van der Waals surface area (Å²) in [6.07, 6.45) is 11.4. The minimum atomic E-state index is 0.512. The molecule has 164 valence electrons. The summed E-state index contributed by atoms with van der Waals surface area (Å²) in [5, 5.41) is 4.49. The third-order valence-corrected chi connectivity index (χ3v) is 8.33. The fourth-order valence-corrected chi connectivity index (χ4v) is 7.35. The first-order chi connectivity index (χ1) is 15.1. The van der Waals surface area contributed by atoms with Crippen LogP contribution < -0.4 is 10.1 Å². The zero-order chi connectivity index (χ0) is 20.8. The van der Waals surface area contributed by atoms with Gasteiger partial charge in [-0.25, -0.2) is 9.97 Å². The quantitative estimate of drug-likeness (QED) is 0.675. The van der Waals surface area contributed by atoms with Gasteiger partial charge in [0, 0.05) is 30.2 Å².